The number of amides is 7. The Morgan fingerprint density at radius 1 is 0.828 bits per heavy atom. The number of primary amides is 1. The number of carbonyl (C=O) groups is 7. The zero-order valence-corrected chi connectivity index (χ0v) is 32.2. The SMILES string of the molecule is Cc1cc(C[C@@H](O)[C@@H]2NC(=O)[C@@H]3C[C@@H](O)CN3C(=O)[C@H]([C@@H](C)O)NC(=O)[C@@H](N)C[C@@H](O)CNC(=O)[C@@H]3[C@@H](O)[C@@H](C)CN3C(=O)[C@H]([C@H](O)CC(N)=O)NC2=O)ccc1O. The van der Waals surface area contributed by atoms with Gasteiger partial charge in [-0.3, -0.25) is 33.6 Å². The molecule has 0 bridgehead atoms. The van der Waals surface area contributed by atoms with Crippen molar-refractivity contribution in [2.75, 3.05) is 19.6 Å². The monoisotopic (exact) mass is 822 g/mol. The zero-order chi connectivity index (χ0) is 43.3. The Balaban J connectivity index is 1.81. The summed E-state index contributed by atoms with van der Waals surface area (Å²) in [5.41, 5.74) is 12.1. The number of nitrogens with one attached hydrogen (secondary N) is 4. The number of aliphatic hydroxyl groups excluding tert-OH is 6. The fraction of sp³-hybridized carbons (Fsp3) is 0.639. The van der Waals surface area contributed by atoms with E-state index in [0.717, 1.165) is 16.7 Å². The van der Waals surface area contributed by atoms with Gasteiger partial charge in [0, 0.05) is 38.4 Å². The predicted octanol–water partition coefficient (Wildman–Crippen LogP) is -6.95. The van der Waals surface area contributed by atoms with E-state index in [2.05, 4.69) is 21.3 Å². The molecule has 22 nitrogen and oxygen atoms in total. The molecule has 3 fully saturated rings. The first kappa shape index (κ1) is 45.7. The third-order valence-corrected chi connectivity index (χ3v) is 10.6. The Morgan fingerprint density at radius 3 is 2.07 bits per heavy atom. The average molecular weight is 823 g/mol. The van der Waals surface area contributed by atoms with Crippen LogP contribution in [-0.2, 0) is 40.0 Å². The molecule has 0 unspecified atom stereocenters. The van der Waals surface area contributed by atoms with E-state index in [-0.39, 0.29) is 18.7 Å². The number of hydrogen-bond acceptors (Lipinski definition) is 15. The van der Waals surface area contributed by atoms with Crippen LogP contribution in [0, 0.1) is 12.8 Å². The van der Waals surface area contributed by atoms with Gasteiger partial charge >= 0.3 is 0 Å². The molecular weight excluding hydrogens is 768 g/mol. The van der Waals surface area contributed by atoms with Gasteiger partial charge in [-0.05, 0) is 37.5 Å². The van der Waals surface area contributed by atoms with E-state index in [1.807, 2.05) is 0 Å². The molecule has 0 aromatic heterocycles. The summed E-state index contributed by atoms with van der Waals surface area (Å²) >= 11 is 0. The number of nitrogens with zero attached hydrogens (tertiary/aromatic N) is 2. The minimum absolute atomic E-state index is 0.0741. The van der Waals surface area contributed by atoms with Gasteiger partial charge < -0.3 is 78.3 Å². The van der Waals surface area contributed by atoms with Crippen molar-refractivity contribution in [3.05, 3.63) is 29.3 Å². The molecule has 22 heteroatoms. The van der Waals surface area contributed by atoms with Crippen molar-refractivity contribution in [2.45, 2.75) is 119 Å². The molecule has 3 saturated heterocycles. The first-order valence-electron chi connectivity index (χ1n) is 18.8. The van der Waals surface area contributed by atoms with Gasteiger partial charge in [0.25, 0.3) is 0 Å². The zero-order valence-electron chi connectivity index (χ0n) is 32.2. The Labute approximate surface area is 332 Å². The average Bonchev–Trinajstić information content (AvgIpc) is 3.68. The minimum Gasteiger partial charge on any atom is -0.508 e. The van der Waals surface area contributed by atoms with Crippen molar-refractivity contribution in [3.8, 4) is 5.75 Å². The molecular formula is C36H54N8O14. The van der Waals surface area contributed by atoms with Gasteiger partial charge in [-0.1, -0.05) is 19.1 Å². The molecule has 4 rings (SSSR count). The van der Waals surface area contributed by atoms with Crippen molar-refractivity contribution >= 4 is 41.4 Å². The van der Waals surface area contributed by atoms with Crippen LogP contribution in [-0.4, -0.2) is 179 Å². The lowest BCUT2D eigenvalue weighted by Gasteiger charge is -2.33. The van der Waals surface area contributed by atoms with Crippen molar-refractivity contribution in [1.82, 2.24) is 31.1 Å². The lowest BCUT2D eigenvalue weighted by Crippen LogP contribution is -2.64. The van der Waals surface area contributed by atoms with Gasteiger partial charge in [-0.15, -0.1) is 0 Å². The topological polar surface area (TPSA) is 368 Å². The summed E-state index contributed by atoms with van der Waals surface area (Å²) in [4.78, 5) is 96.6. The molecule has 3 aliphatic heterocycles. The Bertz CT molecular complexity index is 1730. The van der Waals surface area contributed by atoms with Crippen LogP contribution in [0.25, 0.3) is 0 Å². The van der Waals surface area contributed by atoms with Crippen LogP contribution in [0.1, 0.15) is 44.2 Å². The Kier molecular flexibility index (Phi) is 15.1. The number of β-amino-alcohol motifs (C(OH)–C–C–N with tert-alkyl or cyclic N) is 1. The molecule has 3 heterocycles. The number of aryl methyl sites for hydroxylation is 1. The Morgan fingerprint density at radius 2 is 1.45 bits per heavy atom. The van der Waals surface area contributed by atoms with Gasteiger partial charge in [0.05, 0.1) is 49.1 Å². The van der Waals surface area contributed by atoms with Crippen LogP contribution in [0.5, 0.6) is 5.75 Å². The number of rotatable bonds is 7. The van der Waals surface area contributed by atoms with E-state index in [1.54, 1.807) is 6.92 Å². The summed E-state index contributed by atoms with van der Waals surface area (Å²) < 4.78 is 0. The second kappa shape index (κ2) is 19.2. The van der Waals surface area contributed by atoms with Crippen LogP contribution in [0.15, 0.2) is 18.2 Å². The van der Waals surface area contributed by atoms with E-state index < -0.39 is 152 Å². The number of benzene rings is 1. The minimum atomic E-state index is -2.08. The Hall–Kier alpha value is -4.97. The van der Waals surface area contributed by atoms with Crippen molar-refractivity contribution in [2.24, 2.45) is 17.4 Å². The van der Waals surface area contributed by atoms with Crippen LogP contribution in [0.2, 0.25) is 0 Å². The molecule has 1 aromatic carbocycles. The maximum Gasteiger partial charge on any atom is 0.248 e. The largest absolute Gasteiger partial charge is 0.508 e. The lowest BCUT2D eigenvalue weighted by molar-refractivity contribution is -0.147. The van der Waals surface area contributed by atoms with Gasteiger partial charge in [0.1, 0.15) is 36.0 Å². The molecule has 322 valence electrons. The van der Waals surface area contributed by atoms with Crippen LogP contribution >= 0.6 is 0 Å². The molecule has 0 radical (unpaired) electrons. The highest BCUT2D eigenvalue weighted by atomic mass is 16.3. The number of nitrogens with two attached hydrogens (primary N) is 2. The van der Waals surface area contributed by atoms with Crippen molar-refractivity contribution in [1.29, 1.82) is 0 Å². The number of hydrogen-bond donors (Lipinski definition) is 13. The molecule has 0 saturated carbocycles. The summed E-state index contributed by atoms with van der Waals surface area (Å²) in [5.74, 6) is -8.57. The molecule has 15 N–H and O–H groups in total. The quantitative estimate of drug-likeness (QED) is 0.122. The highest BCUT2D eigenvalue weighted by Gasteiger charge is 2.49. The summed E-state index contributed by atoms with van der Waals surface area (Å²) in [7, 11) is 0. The normalized spacial score (nSPS) is 32.4. The number of carbonyl (C=O) groups excluding carboxylic acids is 7. The third-order valence-electron chi connectivity index (χ3n) is 10.6. The number of phenols is 1. The molecule has 58 heavy (non-hydrogen) atoms. The summed E-state index contributed by atoms with van der Waals surface area (Å²) in [6.45, 7) is 2.91. The van der Waals surface area contributed by atoms with Crippen LogP contribution in [0.4, 0.5) is 0 Å². The molecule has 13 atom stereocenters. The van der Waals surface area contributed by atoms with Crippen molar-refractivity contribution in [3.63, 3.8) is 0 Å². The summed E-state index contributed by atoms with van der Waals surface area (Å²) in [5, 5.41) is 84.8. The second-order valence-electron chi connectivity index (χ2n) is 15.4. The molecule has 0 aliphatic carbocycles. The van der Waals surface area contributed by atoms with Gasteiger partial charge in [-0.25, -0.2) is 0 Å². The molecule has 7 amide bonds. The first-order valence-corrected chi connectivity index (χ1v) is 18.8. The lowest BCUT2D eigenvalue weighted by atomic mass is 9.98. The second-order valence-corrected chi connectivity index (χ2v) is 15.4. The van der Waals surface area contributed by atoms with Crippen molar-refractivity contribution < 1.29 is 69.3 Å². The third kappa shape index (κ3) is 10.7. The maximum atomic E-state index is 14.2. The fourth-order valence-corrected chi connectivity index (χ4v) is 7.35. The molecule has 3 aliphatic rings. The smallest absolute Gasteiger partial charge is 0.248 e. The summed E-state index contributed by atoms with van der Waals surface area (Å²) in [6, 6.07) is -6.32. The first-order chi connectivity index (χ1) is 27.1. The fourth-order valence-electron chi connectivity index (χ4n) is 7.35. The maximum absolute atomic E-state index is 14.2. The van der Waals surface area contributed by atoms with E-state index in [9.17, 15) is 69.3 Å². The highest BCUT2D eigenvalue weighted by molar-refractivity contribution is 5.98. The highest BCUT2D eigenvalue weighted by Crippen LogP contribution is 2.26. The van der Waals surface area contributed by atoms with Gasteiger partial charge in [0.2, 0.25) is 41.4 Å². The van der Waals surface area contributed by atoms with Crippen LogP contribution < -0.4 is 32.7 Å². The number of phenolic OH excluding ortho intramolecular Hbond substituents is 1. The van der Waals surface area contributed by atoms with E-state index >= 15 is 0 Å². The van der Waals surface area contributed by atoms with E-state index in [1.165, 1.54) is 25.1 Å². The van der Waals surface area contributed by atoms with Crippen LogP contribution in [0.3, 0.4) is 0 Å². The number of aromatic hydroxyl groups is 1. The number of fused-ring (bicyclic) bond motifs is 2. The van der Waals surface area contributed by atoms with E-state index in [4.69, 9.17) is 11.5 Å². The number of aliphatic hydroxyl groups is 6. The van der Waals surface area contributed by atoms with Gasteiger partial charge in [0.15, 0.2) is 0 Å². The van der Waals surface area contributed by atoms with E-state index in [0.29, 0.717) is 11.1 Å². The summed E-state index contributed by atoms with van der Waals surface area (Å²) in [6.07, 6.45) is -11.9. The molecule has 1 aromatic rings. The molecule has 0 spiro atoms. The standard InChI is InChI=1S/C36H54N8O14/c1-14-6-17(4-5-22(14)48)7-23(49)27-33(55)42-28(24(50)10-25(38)51)36(58)44-12-15(2)30(52)29(44)34(56)39-11-18(46)8-20(37)31(53)40-26(16(3)45)35(57)43-13-19(47)9-21(43)32(54)41-27/h4-6,15-16,18-21,23-24,26-30,45-50,52H,7-13,37H2,1-3H3,(H2,38,51)(H,39,56)(H,40,53)(H,41,54)(H,42,55)/t15-,16+,18+,19+,20-,21-,23+,24+,26-,27-,28-,29-,30-/m0/s1. The predicted molar refractivity (Wildman–Crippen MR) is 198 cm³/mol. The van der Waals surface area contributed by atoms with Gasteiger partial charge in [-0.2, -0.15) is 0 Å².